The quantitative estimate of drug-likeness (QED) is 0.570. The summed E-state index contributed by atoms with van der Waals surface area (Å²) in [5.41, 5.74) is 0. The maximum Gasteiger partial charge on any atom is 0.191 e. The van der Waals surface area contributed by atoms with E-state index in [1.807, 2.05) is 7.05 Å². The maximum absolute atomic E-state index is 4.37. The molecule has 2 saturated heterocycles. The normalized spacial score (nSPS) is 28.8. The molecule has 0 spiro atoms. The first-order valence-electron chi connectivity index (χ1n) is 8.36. The first kappa shape index (κ1) is 15.4. The van der Waals surface area contributed by atoms with Crippen molar-refractivity contribution >= 4 is 17.7 Å². The molecule has 1 aliphatic carbocycles. The molecule has 1 unspecified atom stereocenters. The van der Waals surface area contributed by atoms with E-state index in [1.54, 1.807) is 0 Å². The van der Waals surface area contributed by atoms with E-state index in [0.717, 1.165) is 25.1 Å². The van der Waals surface area contributed by atoms with Crippen molar-refractivity contribution in [1.29, 1.82) is 0 Å². The van der Waals surface area contributed by atoms with E-state index < -0.39 is 0 Å². The van der Waals surface area contributed by atoms with Crippen LogP contribution in [-0.4, -0.2) is 85.7 Å². The van der Waals surface area contributed by atoms with Gasteiger partial charge in [-0.1, -0.05) is 0 Å². The highest BCUT2D eigenvalue weighted by molar-refractivity contribution is 7.99. The largest absolute Gasteiger partial charge is 0.355 e. The highest BCUT2D eigenvalue weighted by Crippen LogP contribution is 2.29. The van der Waals surface area contributed by atoms with Gasteiger partial charge in [0.1, 0.15) is 0 Å². The van der Waals surface area contributed by atoms with Crippen LogP contribution >= 0.6 is 11.8 Å². The number of guanidine groups is 1. The third-order valence-electron chi connectivity index (χ3n) is 4.67. The highest BCUT2D eigenvalue weighted by Gasteiger charge is 2.34. The lowest BCUT2D eigenvalue weighted by molar-refractivity contribution is 0.306. The Morgan fingerprint density at radius 2 is 2.00 bits per heavy atom. The number of hydrogen-bond acceptors (Lipinski definition) is 4. The van der Waals surface area contributed by atoms with Gasteiger partial charge in [0.25, 0.3) is 0 Å². The molecule has 1 atom stereocenters. The highest BCUT2D eigenvalue weighted by atomic mass is 32.2. The number of aliphatic imine (C=N–C) groups is 1. The van der Waals surface area contributed by atoms with Gasteiger partial charge in [-0.3, -0.25) is 14.8 Å². The van der Waals surface area contributed by atoms with Crippen LogP contribution in [0.25, 0.3) is 0 Å². The lowest BCUT2D eigenvalue weighted by Crippen LogP contribution is -2.47. The fourth-order valence-electron chi connectivity index (χ4n) is 3.22. The fraction of sp³-hybridized carbons (Fsp3) is 0.933. The summed E-state index contributed by atoms with van der Waals surface area (Å²) in [7, 11) is 1.88. The van der Waals surface area contributed by atoms with Crippen LogP contribution < -0.4 is 10.6 Å². The smallest absolute Gasteiger partial charge is 0.191 e. The van der Waals surface area contributed by atoms with Gasteiger partial charge in [-0.15, -0.1) is 0 Å². The van der Waals surface area contributed by atoms with Crippen LogP contribution in [0.3, 0.4) is 0 Å². The average molecular weight is 311 g/mol. The van der Waals surface area contributed by atoms with Gasteiger partial charge in [0, 0.05) is 69.9 Å². The standard InChI is InChI=1S/C15H29N5S/c1-16-15(17-5-7-19-8-10-21-11-9-19)18-13-4-6-20(12-13)14-2-3-14/h13-14H,2-12H2,1H3,(H2,16,17,18). The number of thioether (sulfide) groups is 1. The van der Waals surface area contributed by atoms with Crippen LogP contribution in [-0.2, 0) is 0 Å². The minimum Gasteiger partial charge on any atom is -0.355 e. The first-order chi connectivity index (χ1) is 10.3. The molecule has 2 N–H and O–H groups in total. The average Bonchev–Trinajstić information content (AvgIpc) is 3.27. The summed E-state index contributed by atoms with van der Waals surface area (Å²) in [5.74, 6) is 3.54. The summed E-state index contributed by atoms with van der Waals surface area (Å²) < 4.78 is 0. The lowest BCUT2D eigenvalue weighted by Gasteiger charge is -2.26. The van der Waals surface area contributed by atoms with Gasteiger partial charge in [0.15, 0.2) is 5.96 Å². The van der Waals surface area contributed by atoms with E-state index in [2.05, 4.69) is 37.2 Å². The van der Waals surface area contributed by atoms with Crippen molar-refractivity contribution in [2.45, 2.75) is 31.3 Å². The van der Waals surface area contributed by atoms with Crippen LogP contribution in [0.4, 0.5) is 0 Å². The molecule has 3 fully saturated rings. The molecule has 0 aromatic carbocycles. The number of hydrogen-bond donors (Lipinski definition) is 2. The molecule has 0 aromatic heterocycles. The SMILES string of the molecule is CN=C(NCCN1CCSCC1)NC1CCN(C2CC2)C1. The zero-order chi connectivity index (χ0) is 14.5. The molecule has 2 aliphatic heterocycles. The van der Waals surface area contributed by atoms with E-state index in [0.29, 0.717) is 6.04 Å². The second-order valence-corrected chi connectivity index (χ2v) is 7.53. The minimum atomic E-state index is 0.572. The monoisotopic (exact) mass is 311 g/mol. The van der Waals surface area contributed by atoms with Crippen molar-refractivity contribution in [1.82, 2.24) is 20.4 Å². The molecule has 3 rings (SSSR count). The van der Waals surface area contributed by atoms with Gasteiger partial charge < -0.3 is 10.6 Å². The predicted molar refractivity (Wildman–Crippen MR) is 91.3 cm³/mol. The summed E-state index contributed by atoms with van der Waals surface area (Å²) in [6.07, 6.45) is 4.07. The Kier molecular flexibility index (Phi) is 5.66. The summed E-state index contributed by atoms with van der Waals surface area (Å²) in [6, 6.07) is 1.46. The fourth-order valence-corrected chi connectivity index (χ4v) is 4.20. The van der Waals surface area contributed by atoms with Crippen molar-refractivity contribution in [3.8, 4) is 0 Å². The van der Waals surface area contributed by atoms with E-state index in [-0.39, 0.29) is 0 Å². The van der Waals surface area contributed by atoms with Crippen LogP contribution in [0.1, 0.15) is 19.3 Å². The Bertz CT molecular complexity index is 352. The molecule has 0 aromatic rings. The number of likely N-dealkylation sites (tertiary alicyclic amines) is 1. The summed E-state index contributed by atoms with van der Waals surface area (Å²) in [6.45, 7) is 7.03. The van der Waals surface area contributed by atoms with Gasteiger partial charge in [0.05, 0.1) is 0 Å². The molecule has 2 heterocycles. The molecule has 0 bridgehead atoms. The Balaban J connectivity index is 1.33. The Hall–Kier alpha value is -0.460. The Morgan fingerprint density at radius 1 is 1.19 bits per heavy atom. The molecular weight excluding hydrogens is 282 g/mol. The second kappa shape index (κ2) is 7.70. The topological polar surface area (TPSA) is 42.9 Å². The molecule has 5 nitrogen and oxygen atoms in total. The van der Waals surface area contributed by atoms with Gasteiger partial charge in [-0.25, -0.2) is 0 Å². The van der Waals surface area contributed by atoms with Gasteiger partial charge in [-0.05, 0) is 19.3 Å². The number of nitrogens with one attached hydrogen (secondary N) is 2. The van der Waals surface area contributed by atoms with Crippen LogP contribution in [0.2, 0.25) is 0 Å². The van der Waals surface area contributed by atoms with Crippen LogP contribution in [0.15, 0.2) is 4.99 Å². The lowest BCUT2D eigenvalue weighted by atomic mass is 10.3. The van der Waals surface area contributed by atoms with Crippen molar-refractivity contribution < 1.29 is 0 Å². The van der Waals surface area contributed by atoms with Gasteiger partial charge in [-0.2, -0.15) is 11.8 Å². The van der Waals surface area contributed by atoms with Crippen molar-refractivity contribution in [2.75, 3.05) is 57.8 Å². The van der Waals surface area contributed by atoms with Gasteiger partial charge >= 0.3 is 0 Å². The van der Waals surface area contributed by atoms with Crippen molar-refractivity contribution in [3.63, 3.8) is 0 Å². The van der Waals surface area contributed by atoms with E-state index in [9.17, 15) is 0 Å². The zero-order valence-corrected chi connectivity index (χ0v) is 14.0. The molecular formula is C15H29N5S. The minimum absolute atomic E-state index is 0.572. The third kappa shape index (κ3) is 4.76. The van der Waals surface area contributed by atoms with Crippen LogP contribution in [0.5, 0.6) is 0 Å². The molecule has 0 amide bonds. The van der Waals surface area contributed by atoms with Gasteiger partial charge in [0.2, 0.25) is 0 Å². The third-order valence-corrected chi connectivity index (χ3v) is 5.61. The van der Waals surface area contributed by atoms with Crippen molar-refractivity contribution in [3.05, 3.63) is 0 Å². The number of nitrogens with zero attached hydrogens (tertiary/aromatic N) is 3. The molecule has 21 heavy (non-hydrogen) atoms. The molecule has 0 radical (unpaired) electrons. The molecule has 1 saturated carbocycles. The molecule has 6 heteroatoms. The predicted octanol–water partition coefficient (Wildman–Crippen LogP) is 0.437. The molecule has 120 valence electrons. The zero-order valence-electron chi connectivity index (χ0n) is 13.2. The summed E-state index contributed by atoms with van der Waals surface area (Å²) in [5, 5.41) is 7.07. The first-order valence-corrected chi connectivity index (χ1v) is 9.52. The molecule has 3 aliphatic rings. The van der Waals surface area contributed by atoms with Crippen LogP contribution in [0, 0.1) is 0 Å². The Morgan fingerprint density at radius 3 is 2.71 bits per heavy atom. The number of rotatable bonds is 5. The van der Waals surface area contributed by atoms with E-state index in [1.165, 1.54) is 56.9 Å². The maximum atomic E-state index is 4.37. The van der Waals surface area contributed by atoms with E-state index in [4.69, 9.17) is 0 Å². The second-order valence-electron chi connectivity index (χ2n) is 6.31. The Labute approximate surface area is 132 Å². The van der Waals surface area contributed by atoms with E-state index >= 15 is 0 Å². The summed E-state index contributed by atoms with van der Waals surface area (Å²) in [4.78, 5) is 9.55. The van der Waals surface area contributed by atoms with Crippen molar-refractivity contribution in [2.24, 2.45) is 4.99 Å². The summed E-state index contributed by atoms with van der Waals surface area (Å²) >= 11 is 2.07.